The highest BCUT2D eigenvalue weighted by Gasteiger charge is 2.24. The molecule has 0 fully saturated rings. The fourth-order valence-corrected chi connectivity index (χ4v) is 2.35. The first-order chi connectivity index (χ1) is 10.9. The number of carbonyl (C=O) groups excluding carboxylic acids is 1. The van der Waals surface area contributed by atoms with Crippen LogP contribution in [0.2, 0.25) is 0 Å². The molecule has 0 saturated carbocycles. The van der Waals surface area contributed by atoms with Gasteiger partial charge in [0.15, 0.2) is 0 Å². The van der Waals surface area contributed by atoms with Crippen LogP contribution in [0.4, 0.5) is 8.78 Å². The van der Waals surface area contributed by atoms with Gasteiger partial charge in [-0.2, -0.15) is 5.10 Å². The molecule has 7 heteroatoms. The number of nitrogens with zero attached hydrogens (tertiary/aromatic N) is 3. The molecule has 2 rings (SSSR count). The predicted molar refractivity (Wildman–Crippen MR) is 82.7 cm³/mol. The van der Waals surface area contributed by atoms with Crippen LogP contribution >= 0.6 is 0 Å². The Morgan fingerprint density at radius 3 is 2.48 bits per heavy atom. The molecule has 0 bridgehead atoms. The number of carbonyl (C=O) groups is 1. The van der Waals surface area contributed by atoms with Gasteiger partial charge in [-0.3, -0.25) is 9.48 Å². The summed E-state index contributed by atoms with van der Waals surface area (Å²) in [6.07, 6.45) is 3.27. The average Bonchev–Trinajstić information content (AvgIpc) is 3.02. The van der Waals surface area contributed by atoms with Crippen LogP contribution in [-0.2, 0) is 4.79 Å². The van der Waals surface area contributed by atoms with E-state index in [2.05, 4.69) is 10.4 Å². The molecule has 124 valence electrons. The molecule has 0 radical (unpaired) electrons. The first-order valence-corrected chi connectivity index (χ1v) is 7.29. The summed E-state index contributed by atoms with van der Waals surface area (Å²) in [4.78, 5) is 13.9. The molecule has 0 aliphatic heterocycles. The van der Waals surface area contributed by atoms with Crippen molar-refractivity contribution in [1.82, 2.24) is 20.0 Å². The smallest absolute Gasteiger partial charge is 0.244 e. The number of benzene rings is 1. The molecule has 5 nitrogen and oxygen atoms in total. The SMILES string of the molecule is C[C@H](C(=O)NC[C@H](c1c(F)cccc1F)N(C)C)n1cccn1. The summed E-state index contributed by atoms with van der Waals surface area (Å²) < 4.78 is 29.5. The van der Waals surface area contributed by atoms with Crippen LogP contribution in [0.5, 0.6) is 0 Å². The van der Waals surface area contributed by atoms with Crippen LogP contribution in [0.1, 0.15) is 24.6 Å². The topological polar surface area (TPSA) is 50.2 Å². The summed E-state index contributed by atoms with van der Waals surface area (Å²) in [5.74, 6) is -1.52. The van der Waals surface area contributed by atoms with Crippen molar-refractivity contribution in [2.45, 2.75) is 19.0 Å². The molecule has 0 spiro atoms. The van der Waals surface area contributed by atoms with Gasteiger partial charge in [-0.05, 0) is 39.2 Å². The lowest BCUT2D eigenvalue weighted by Gasteiger charge is -2.26. The first kappa shape index (κ1) is 17.1. The second-order valence-electron chi connectivity index (χ2n) is 5.52. The van der Waals surface area contributed by atoms with E-state index in [0.717, 1.165) is 0 Å². The molecule has 0 aliphatic rings. The van der Waals surface area contributed by atoms with Gasteiger partial charge in [-0.1, -0.05) is 6.07 Å². The van der Waals surface area contributed by atoms with Crippen molar-refractivity contribution in [3.8, 4) is 0 Å². The first-order valence-electron chi connectivity index (χ1n) is 7.29. The monoisotopic (exact) mass is 322 g/mol. The maximum atomic E-state index is 14.0. The van der Waals surface area contributed by atoms with Crippen molar-refractivity contribution in [2.24, 2.45) is 0 Å². The molecule has 23 heavy (non-hydrogen) atoms. The second-order valence-corrected chi connectivity index (χ2v) is 5.52. The Morgan fingerprint density at radius 1 is 1.30 bits per heavy atom. The normalized spacial score (nSPS) is 13.8. The van der Waals surface area contributed by atoms with E-state index >= 15 is 0 Å². The van der Waals surface area contributed by atoms with Crippen LogP contribution in [0.15, 0.2) is 36.7 Å². The minimum absolute atomic E-state index is 0.0513. The maximum absolute atomic E-state index is 14.0. The highest BCUT2D eigenvalue weighted by Crippen LogP contribution is 2.24. The standard InChI is InChI=1S/C16H20F2N4O/c1-11(22-9-5-8-20-22)16(23)19-10-14(21(2)3)15-12(17)6-4-7-13(15)18/h4-9,11,14H,10H2,1-3H3,(H,19,23)/t11-,14-/m1/s1. The number of likely N-dealkylation sites (N-methyl/N-ethyl adjacent to an activating group) is 1. The van der Waals surface area contributed by atoms with Gasteiger partial charge in [0.1, 0.15) is 17.7 Å². The zero-order valence-electron chi connectivity index (χ0n) is 13.3. The summed E-state index contributed by atoms with van der Waals surface area (Å²) in [5.41, 5.74) is -0.0513. The van der Waals surface area contributed by atoms with Gasteiger partial charge < -0.3 is 10.2 Å². The Morgan fingerprint density at radius 2 is 1.96 bits per heavy atom. The summed E-state index contributed by atoms with van der Waals surface area (Å²) in [6, 6.07) is 4.36. The number of aromatic nitrogens is 2. The molecule has 0 unspecified atom stereocenters. The number of rotatable bonds is 6. The van der Waals surface area contributed by atoms with E-state index in [1.165, 1.54) is 22.9 Å². The lowest BCUT2D eigenvalue weighted by Crippen LogP contribution is -2.38. The summed E-state index contributed by atoms with van der Waals surface area (Å²) in [7, 11) is 3.42. The van der Waals surface area contributed by atoms with Gasteiger partial charge in [0.25, 0.3) is 0 Å². The third-order valence-corrected chi connectivity index (χ3v) is 3.73. The number of hydrogen-bond acceptors (Lipinski definition) is 3. The Hall–Kier alpha value is -2.28. The third kappa shape index (κ3) is 3.92. The molecule has 1 heterocycles. The van der Waals surface area contributed by atoms with Crippen molar-refractivity contribution in [3.05, 3.63) is 53.9 Å². The second kappa shape index (κ2) is 7.32. The lowest BCUT2D eigenvalue weighted by atomic mass is 10.0. The molecule has 0 aliphatic carbocycles. The zero-order chi connectivity index (χ0) is 17.0. The highest BCUT2D eigenvalue weighted by atomic mass is 19.1. The Labute approximate surface area is 133 Å². The van der Waals surface area contributed by atoms with E-state index in [9.17, 15) is 13.6 Å². The third-order valence-electron chi connectivity index (χ3n) is 3.73. The van der Waals surface area contributed by atoms with Gasteiger partial charge >= 0.3 is 0 Å². The van der Waals surface area contributed by atoms with Gasteiger partial charge in [0, 0.05) is 24.5 Å². The molecule has 1 N–H and O–H groups in total. The quantitative estimate of drug-likeness (QED) is 0.886. The largest absolute Gasteiger partial charge is 0.352 e. The number of nitrogens with one attached hydrogen (secondary N) is 1. The molecule has 2 aromatic rings. The zero-order valence-corrected chi connectivity index (χ0v) is 13.3. The Kier molecular flexibility index (Phi) is 5.44. The van der Waals surface area contributed by atoms with Crippen molar-refractivity contribution >= 4 is 5.91 Å². The van der Waals surface area contributed by atoms with E-state index in [1.807, 2.05) is 0 Å². The van der Waals surface area contributed by atoms with Gasteiger partial charge in [-0.25, -0.2) is 8.78 Å². The highest BCUT2D eigenvalue weighted by molar-refractivity contribution is 5.79. The van der Waals surface area contributed by atoms with Crippen molar-refractivity contribution in [3.63, 3.8) is 0 Å². The summed E-state index contributed by atoms with van der Waals surface area (Å²) in [6.45, 7) is 1.80. The lowest BCUT2D eigenvalue weighted by molar-refractivity contribution is -0.124. The van der Waals surface area contributed by atoms with Crippen LogP contribution in [0.3, 0.4) is 0 Å². The number of halogens is 2. The fraction of sp³-hybridized carbons (Fsp3) is 0.375. The van der Waals surface area contributed by atoms with E-state index in [4.69, 9.17) is 0 Å². The molecule has 1 aromatic heterocycles. The molecule has 1 amide bonds. The minimum atomic E-state index is -0.627. The predicted octanol–water partition coefficient (Wildman–Crippen LogP) is 2.14. The van der Waals surface area contributed by atoms with E-state index in [1.54, 1.807) is 44.4 Å². The fourth-order valence-electron chi connectivity index (χ4n) is 2.35. The van der Waals surface area contributed by atoms with Gasteiger partial charge in [0.05, 0.1) is 6.04 Å². The van der Waals surface area contributed by atoms with Crippen molar-refractivity contribution < 1.29 is 13.6 Å². The molecule has 2 atom stereocenters. The minimum Gasteiger partial charge on any atom is -0.352 e. The van der Waals surface area contributed by atoms with Crippen LogP contribution in [-0.4, -0.2) is 41.2 Å². The Balaban J connectivity index is 2.10. The Bertz CT molecular complexity index is 638. The van der Waals surface area contributed by atoms with E-state index in [-0.39, 0.29) is 18.0 Å². The maximum Gasteiger partial charge on any atom is 0.244 e. The number of amides is 1. The van der Waals surface area contributed by atoms with E-state index in [0.29, 0.717) is 0 Å². The van der Waals surface area contributed by atoms with Crippen molar-refractivity contribution in [2.75, 3.05) is 20.6 Å². The van der Waals surface area contributed by atoms with E-state index < -0.39 is 23.7 Å². The van der Waals surface area contributed by atoms with Crippen molar-refractivity contribution in [1.29, 1.82) is 0 Å². The molecular weight excluding hydrogens is 302 g/mol. The summed E-state index contributed by atoms with van der Waals surface area (Å²) >= 11 is 0. The molecule has 0 saturated heterocycles. The molecule has 1 aromatic carbocycles. The van der Waals surface area contributed by atoms with Gasteiger partial charge in [0.2, 0.25) is 5.91 Å². The average molecular weight is 322 g/mol. The van der Waals surface area contributed by atoms with Gasteiger partial charge in [-0.15, -0.1) is 0 Å². The number of hydrogen-bond donors (Lipinski definition) is 1. The van der Waals surface area contributed by atoms with Crippen LogP contribution in [0, 0.1) is 11.6 Å². The molecular formula is C16H20F2N4O. The summed E-state index contributed by atoms with van der Waals surface area (Å²) in [5, 5.41) is 6.74. The van der Waals surface area contributed by atoms with Crippen LogP contribution < -0.4 is 5.32 Å². The van der Waals surface area contributed by atoms with Crippen LogP contribution in [0.25, 0.3) is 0 Å².